The third-order valence-electron chi connectivity index (χ3n) is 3.15. The quantitative estimate of drug-likeness (QED) is 0.311. The molecule has 1 aromatic carbocycles. The Kier molecular flexibility index (Phi) is 8.28. The van der Waals surface area contributed by atoms with Crippen LogP contribution in [0.1, 0.15) is 25.7 Å². The summed E-state index contributed by atoms with van der Waals surface area (Å²) in [6.45, 7) is 1.10. The summed E-state index contributed by atoms with van der Waals surface area (Å²) in [4.78, 5) is 4.27. The Hall–Kier alpha value is -0.500. The van der Waals surface area contributed by atoms with Crippen LogP contribution in [0.25, 0.3) is 0 Å². The summed E-state index contributed by atoms with van der Waals surface area (Å²) in [5.41, 5.74) is 5.83. The number of hydrogen-bond acceptors (Lipinski definition) is 2. The maximum absolute atomic E-state index is 5.83. The zero-order valence-electron chi connectivity index (χ0n) is 11.3. The lowest BCUT2D eigenvalue weighted by Gasteiger charge is -2.12. The minimum Gasteiger partial charge on any atom is -0.492 e. The van der Waals surface area contributed by atoms with E-state index in [1.165, 1.54) is 25.7 Å². The maximum atomic E-state index is 5.83. The van der Waals surface area contributed by atoms with Crippen LogP contribution in [0.2, 0.25) is 0 Å². The first-order chi connectivity index (χ1) is 9.24. The Bertz CT molecular complexity index is 436. The molecule has 1 saturated carbocycles. The van der Waals surface area contributed by atoms with Gasteiger partial charge >= 0.3 is 0 Å². The Morgan fingerprint density at radius 3 is 2.85 bits per heavy atom. The molecule has 4 nitrogen and oxygen atoms in total. The van der Waals surface area contributed by atoms with E-state index in [-0.39, 0.29) is 24.0 Å². The fourth-order valence-corrected chi connectivity index (χ4v) is 2.59. The van der Waals surface area contributed by atoms with Gasteiger partial charge in [-0.1, -0.05) is 34.8 Å². The van der Waals surface area contributed by atoms with Gasteiger partial charge in [-0.2, -0.15) is 0 Å². The van der Waals surface area contributed by atoms with Crippen molar-refractivity contribution in [1.82, 2.24) is 5.32 Å². The zero-order chi connectivity index (χ0) is 13.5. The van der Waals surface area contributed by atoms with E-state index in [4.69, 9.17) is 10.5 Å². The molecule has 6 heteroatoms. The van der Waals surface area contributed by atoms with Gasteiger partial charge in [0.2, 0.25) is 0 Å². The second-order valence-corrected chi connectivity index (χ2v) is 5.61. The van der Waals surface area contributed by atoms with E-state index in [9.17, 15) is 0 Å². The van der Waals surface area contributed by atoms with Crippen LogP contribution in [0.4, 0.5) is 0 Å². The third-order valence-corrected chi connectivity index (χ3v) is 3.64. The van der Waals surface area contributed by atoms with Crippen molar-refractivity contribution in [2.45, 2.75) is 31.7 Å². The van der Waals surface area contributed by atoms with Crippen molar-refractivity contribution in [3.05, 3.63) is 28.7 Å². The minimum atomic E-state index is 0. The molecule has 1 aliphatic rings. The van der Waals surface area contributed by atoms with Crippen LogP contribution in [0.3, 0.4) is 0 Å². The van der Waals surface area contributed by atoms with Gasteiger partial charge in [-0.25, -0.2) is 4.99 Å². The first kappa shape index (κ1) is 17.6. The standard InChI is InChI=1S/C14H20BrN3O.HI/c15-11-4-3-7-13(10-11)19-9-8-17-14(16)18-12-5-1-2-6-12;/h3-4,7,10,12H,1-2,5-6,8-9H2,(H3,16,17,18);1H. The average Bonchev–Trinajstić information content (AvgIpc) is 2.87. The number of nitrogens with two attached hydrogens (primary N) is 1. The largest absolute Gasteiger partial charge is 0.492 e. The molecule has 0 heterocycles. The second-order valence-electron chi connectivity index (χ2n) is 4.70. The normalized spacial score (nSPS) is 15.8. The van der Waals surface area contributed by atoms with E-state index < -0.39 is 0 Å². The Morgan fingerprint density at radius 2 is 2.15 bits per heavy atom. The van der Waals surface area contributed by atoms with Crippen molar-refractivity contribution < 1.29 is 4.74 Å². The number of aliphatic imine (C=N–C) groups is 1. The molecule has 0 amide bonds. The van der Waals surface area contributed by atoms with E-state index in [1.807, 2.05) is 24.3 Å². The molecule has 1 aliphatic carbocycles. The van der Waals surface area contributed by atoms with Crippen molar-refractivity contribution in [2.24, 2.45) is 10.7 Å². The monoisotopic (exact) mass is 453 g/mol. The highest BCUT2D eigenvalue weighted by atomic mass is 127. The van der Waals surface area contributed by atoms with Gasteiger partial charge in [0.25, 0.3) is 0 Å². The molecule has 1 aromatic rings. The molecule has 0 saturated heterocycles. The summed E-state index contributed by atoms with van der Waals surface area (Å²) < 4.78 is 6.60. The fourth-order valence-electron chi connectivity index (χ4n) is 2.21. The molecule has 0 aliphatic heterocycles. The molecule has 0 radical (unpaired) electrons. The van der Waals surface area contributed by atoms with Crippen LogP contribution in [0.15, 0.2) is 33.7 Å². The molecule has 112 valence electrons. The predicted molar refractivity (Wildman–Crippen MR) is 96.9 cm³/mol. The molecule has 2 rings (SSSR count). The van der Waals surface area contributed by atoms with Crippen LogP contribution in [-0.2, 0) is 0 Å². The summed E-state index contributed by atoms with van der Waals surface area (Å²) in [5.74, 6) is 1.37. The Labute approximate surface area is 145 Å². The molecule has 0 aromatic heterocycles. The SMILES string of the molecule is I.NC(=NCCOc1cccc(Br)c1)NC1CCCC1. The van der Waals surface area contributed by atoms with E-state index in [1.54, 1.807) is 0 Å². The van der Waals surface area contributed by atoms with E-state index in [2.05, 4.69) is 26.2 Å². The summed E-state index contributed by atoms with van der Waals surface area (Å²) in [7, 11) is 0. The van der Waals surface area contributed by atoms with Crippen molar-refractivity contribution in [3.63, 3.8) is 0 Å². The van der Waals surface area contributed by atoms with Gasteiger partial charge in [-0.05, 0) is 31.0 Å². The van der Waals surface area contributed by atoms with Gasteiger partial charge in [-0.3, -0.25) is 0 Å². The van der Waals surface area contributed by atoms with Gasteiger partial charge in [0, 0.05) is 10.5 Å². The first-order valence-corrected chi connectivity index (χ1v) is 7.48. The Morgan fingerprint density at radius 1 is 1.40 bits per heavy atom. The molecule has 0 spiro atoms. The average molecular weight is 454 g/mol. The number of rotatable bonds is 5. The second kappa shape index (κ2) is 9.44. The van der Waals surface area contributed by atoms with Crippen molar-refractivity contribution >= 4 is 45.9 Å². The number of benzene rings is 1. The molecule has 20 heavy (non-hydrogen) atoms. The first-order valence-electron chi connectivity index (χ1n) is 6.69. The number of halogens is 2. The summed E-state index contributed by atoms with van der Waals surface area (Å²) in [5, 5.41) is 3.25. The van der Waals surface area contributed by atoms with Crippen molar-refractivity contribution in [1.29, 1.82) is 0 Å². The maximum Gasteiger partial charge on any atom is 0.188 e. The topological polar surface area (TPSA) is 59.6 Å². The lowest BCUT2D eigenvalue weighted by Crippen LogP contribution is -2.38. The molecular weight excluding hydrogens is 433 g/mol. The van der Waals surface area contributed by atoms with E-state index >= 15 is 0 Å². The van der Waals surface area contributed by atoms with Gasteiger partial charge in [-0.15, -0.1) is 24.0 Å². The van der Waals surface area contributed by atoms with Gasteiger partial charge < -0.3 is 15.8 Å². The van der Waals surface area contributed by atoms with Crippen LogP contribution in [0, 0.1) is 0 Å². The number of nitrogens with zero attached hydrogens (tertiary/aromatic N) is 1. The Balaban J connectivity index is 0.00000200. The molecule has 3 N–H and O–H groups in total. The molecule has 1 fully saturated rings. The highest BCUT2D eigenvalue weighted by Crippen LogP contribution is 2.18. The highest BCUT2D eigenvalue weighted by molar-refractivity contribution is 14.0. The zero-order valence-corrected chi connectivity index (χ0v) is 15.3. The van der Waals surface area contributed by atoms with Gasteiger partial charge in [0.15, 0.2) is 5.96 Å². The summed E-state index contributed by atoms with van der Waals surface area (Å²) in [6, 6.07) is 8.28. The number of ether oxygens (including phenoxy) is 1. The van der Waals surface area contributed by atoms with E-state index in [0.717, 1.165) is 10.2 Å². The van der Waals surface area contributed by atoms with Gasteiger partial charge in [0.05, 0.1) is 6.54 Å². The predicted octanol–water partition coefficient (Wildman–Crippen LogP) is 3.29. The van der Waals surface area contributed by atoms with Crippen LogP contribution in [-0.4, -0.2) is 25.2 Å². The number of guanidine groups is 1. The number of hydrogen-bond donors (Lipinski definition) is 2. The molecule has 0 bridgehead atoms. The summed E-state index contributed by atoms with van der Waals surface area (Å²) >= 11 is 3.41. The van der Waals surface area contributed by atoms with Crippen LogP contribution >= 0.6 is 39.9 Å². The van der Waals surface area contributed by atoms with Crippen molar-refractivity contribution in [2.75, 3.05) is 13.2 Å². The van der Waals surface area contributed by atoms with Crippen LogP contribution in [0.5, 0.6) is 5.75 Å². The third kappa shape index (κ3) is 6.30. The highest BCUT2D eigenvalue weighted by Gasteiger charge is 2.14. The minimum absolute atomic E-state index is 0. The van der Waals surface area contributed by atoms with Gasteiger partial charge in [0.1, 0.15) is 12.4 Å². The fraction of sp³-hybridized carbons (Fsp3) is 0.500. The molecule has 0 atom stereocenters. The molecule has 0 unspecified atom stereocenters. The van der Waals surface area contributed by atoms with Crippen LogP contribution < -0.4 is 15.8 Å². The van der Waals surface area contributed by atoms with E-state index in [0.29, 0.717) is 25.2 Å². The lowest BCUT2D eigenvalue weighted by molar-refractivity contribution is 0.328. The molecular formula is C14H21BrIN3O. The smallest absolute Gasteiger partial charge is 0.188 e. The lowest BCUT2D eigenvalue weighted by atomic mass is 10.2. The number of nitrogens with one attached hydrogen (secondary N) is 1. The van der Waals surface area contributed by atoms with Crippen molar-refractivity contribution in [3.8, 4) is 5.75 Å². The summed E-state index contributed by atoms with van der Waals surface area (Å²) in [6.07, 6.45) is 4.98.